The topological polar surface area (TPSA) is 52.9 Å². The van der Waals surface area contributed by atoms with Crippen LogP contribution in [0.4, 0.5) is 15.8 Å². The first-order valence-electron chi connectivity index (χ1n) is 6.48. The monoisotopic (exact) mass is 370 g/mol. The number of fused-ring (bicyclic) bond motifs is 4. The van der Waals surface area contributed by atoms with Crippen molar-refractivity contribution in [3.63, 3.8) is 0 Å². The maximum atomic E-state index is 13.7. The number of Topliss-reactive ketones (excluding diaryl/α,β-unsaturated/α-hetero) is 1. The van der Waals surface area contributed by atoms with E-state index in [2.05, 4.69) is 4.99 Å². The normalized spacial score (nSPS) is 18.5. The molecule has 0 fully saturated rings. The molecule has 4 nitrogen and oxygen atoms in total. The average Bonchev–Trinajstić information content (AvgIpc) is 2.81. The number of anilines is 1. The molecule has 0 aliphatic carbocycles. The van der Waals surface area contributed by atoms with Gasteiger partial charge in [0.15, 0.2) is 12.1 Å². The van der Waals surface area contributed by atoms with Crippen LogP contribution >= 0.6 is 34.8 Å². The summed E-state index contributed by atoms with van der Waals surface area (Å²) in [5, 5.41) is 10.7. The van der Waals surface area contributed by atoms with Crippen LogP contribution in [0.25, 0.3) is 0 Å². The number of benzene rings is 2. The molecule has 2 aliphatic rings. The van der Waals surface area contributed by atoms with Gasteiger partial charge in [0.1, 0.15) is 5.82 Å². The molecule has 116 valence electrons. The molecular weight excluding hydrogens is 366 g/mol. The highest BCUT2D eigenvalue weighted by Crippen LogP contribution is 2.47. The standard InChI is InChI=1S/C15H6Cl3FN2O2/c16-5-1-4-8-10(11(5)17)13(22)14-20-7-3-2-6(19)12(18)9(7)15(23)21(8)14/h1-4,15,23H. The van der Waals surface area contributed by atoms with Crippen molar-refractivity contribution in [2.24, 2.45) is 4.99 Å². The zero-order valence-electron chi connectivity index (χ0n) is 11.1. The lowest BCUT2D eigenvalue weighted by molar-refractivity contribution is 0.106. The van der Waals surface area contributed by atoms with Crippen LogP contribution in [-0.2, 0) is 0 Å². The smallest absolute Gasteiger partial charge is 0.232 e. The maximum absolute atomic E-state index is 13.7. The van der Waals surface area contributed by atoms with Gasteiger partial charge in [-0.25, -0.2) is 9.38 Å². The average molecular weight is 372 g/mol. The highest BCUT2D eigenvalue weighted by atomic mass is 35.5. The van der Waals surface area contributed by atoms with Gasteiger partial charge in [0.2, 0.25) is 5.78 Å². The van der Waals surface area contributed by atoms with Crippen LogP contribution in [0.3, 0.4) is 0 Å². The number of hydrogen-bond donors (Lipinski definition) is 1. The van der Waals surface area contributed by atoms with Crippen molar-refractivity contribution in [3.8, 4) is 0 Å². The number of carbonyl (C=O) groups is 1. The van der Waals surface area contributed by atoms with Crippen LogP contribution in [0.15, 0.2) is 29.3 Å². The van der Waals surface area contributed by atoms with E-state index in [0.29, 0.717) is 5.69 Å². The molecule has 0 radical (unpaired) electrons. The minimum absolute atomic E-state index is 0.00755. The molecule has 2 aromatic rings. The Morgan fingerprint density at radius 3 is 2.61 bits per heavy atom. The third-order valence-electron chi connectivity index (χ3n) is 3.83. The summed E-state index contributed by atoms with van der Waals surface area (Å²) in [7, 11) is 0. The zero-order chi connectivity index (χ0) is 16.5. The lowest BCUT2D eigenvalue weighted by Crippen LogP contribution is -2.36. The number of aliphatic imine (C=N–C) groups is 1. The van der Waals surface area contributed by atoms with Crippen molar-refractivity contribution in [3.05, 3.63) is 56.3 Å². The maximum Gasteiger partial charge on any atom is 0.232 e. The van der Waals surface area contributed by atoms with E-state index >= 15 is 0 Å². The molecular formula is C15H6Cl3FN2O2. The number of hydrogen-bond acceptors (Lipinski definition) is 4. The van der Waals surface area contributed by atoms with Crippen LogP contribution < -0.4 is 4.90 Å². The van der Waals surface area contributed by atoms with E-state index in [9.17, 15) is 14.3 Å². The van der Waals surface area contributed by atoms with Gasteiger partial charge in [-0.05, 0) is 24.3 Å². The van der Waals surface area contributed by atoms with Crippen molar-refractivity contribution in [1.82, 2.24) is 0 Å². The van der Waals surface area contributed by atoms with Gasteiger partial charge in [0.25, 0.3) is 0 Å². The largest absolute Gasteiger partial charge is 0.369 e. The first-order valence-corrected chi connectivity index (χ1v) is 7.61. The second kappa shape index (κ2) is 4.92. The van der Waals surface area contributed by atoms with E-state index in [-0.39, 0.29) is 37.7 Å². The van der Waals surface area contributed by atoms with E-state index in [1.807, 2.05) is 0 Å². The van der Waals surface area contributed by atoms with Crippen molar-refractivity contribution < 1.29 is 14.3 Å². The highest BCUT2D eigenvalue weighted by Gasteiger charge is 2.44. The first-order chi connectivity index (χ1) is 10.9. The number of nitrogens with zero attached hydrogens (tertiary/aromatic N) is 2. The van der Waals surface area contributed by atoms with Crippen LogP contribution in [0.1, 0.15) is 22.1 Å². The number of halogens is 4. The lowest BCUT2D eigenvalue weighted by atomic mass is 10.1. The fourth-order valence-corrected chi connectivity index (χ4v) is 3.45. The van der Waals surface area contributed by atoms with Gasteiger partial charge in [-0.15, -0.1) is 0 Å². The van der Waals surface area contributed by atoms with Gasteiger partial charge >= 0.3 is 0 Å². The van der Waals surface area contributed by atoms with E-state index in [1.54, 1.807) is 6.07 Å². The van der Waals surface area contributed by atoms with Crippen molar-refractivity contribution >= 4 is 57.8 Å². The second-order valence-electron chi connectivity index (χ2n) is 5.06. The molecule has 1 N–H and O–H groups in total. The van der Waals surface area contributed by atoms with Crippen LogP contribution in [0.5, 0.6) is 0 Å². The minimum atomic E-state index is -1.36. The molecule has 0 aromatic heterocycles. The summed E-state index contributed by atoms with van der Waals surface area (Å²) in [6, 6.07) is 5.54. The Morgan fingerprint density at radius 1 is 1.13 bits per heavy atom. The molecule has 8 heteroatoms. The molecule has 1 atom stereocenters. The summed E-state index contributed by atoms with van der Waals surface area (Å²) in [5.74, 6) is -1.15. The number of carbonyl (C=O) groups excluding carboxylic acids is 1. The summed E-state index contributed by atoms with van der Waals surface area (Å²) >= 11 is 18.0. The van der Waals surface area contributed by atoms with Crippen LogP contribution in [0, 0.1) is 5.82 Å². The van der Waals surface area contributed by atoms with Gasteiger partial charge in [0.05, 0.1) is 32.0 Å². The number of ketones is 1. The number of aliphatic hydroxyl groups is 1. The SMILES string of the molecule is O=C1C2=Nc3ccc(F)c(Cl)c3C(O)N2c2ccc(Cl)c(Cl)c21. The van der Waals surface area contributed by atoms with Gasteiger partial charge in [-0.3, -0.25) is 9.69 Å². The number of amidine groups is 1. The Morgan fingerprint density at radius 2 is 1.87 bits per heavy atom. The second-order valence-corrected chi connectivity index (χ2v) is 6.22. The Labute approximate surface area is 144 Å². The quantitative estimate of drug-likeness (QED) is 0.740. The van der Waals surface area contributed by atoms with Gasteiger partial charge < -0.3 is 5.11 Å². The van der Waals surface area contributed by atoms with E-state index in [1.165, 1.54) is 17.0 Å². The molecule has 2 heterocycles. The molecule has 0 amide bonds. The summed E-state index contributed by atoms with van der Waals surface area (Å²) in [6.07, 6.45) is -1.36. The fourth-order valence-electron chi connectivity index (χ4n) is 2.79. The molecule has 2 aliphatic heterocycles. The highest BCUT2D eigenvalue weighted by molar-refractivity contribution is 6.59. The molecule has 2 aromatic carbocycles. The first kappa shape index (κ1) is 14.9. The minimum Gasteiger partial charge on any atom is -0.369 e. The van der Waals surface area contributed by atoms with Crippen molar-refractivity contribution in [1.29, 1.82) is 0 Å². The number of rotatable bonds is 0. The third-order valence-corrected chi connectivity index (χ3v) is 5.02. The molecule has 1 unspecified atom stereocenters. The van der Waals surface area contributed by atoms with Crippen LogP contribution in [-0.4, -0.2) is 16.7 Å². The molecule has 23 heavy (non-hydrogen) atoms. The predicted molar refractivity (Wildman–Crippen MR) is 86.7 cm³/mol. The summed E-state index contributed by atoms with van der Waals surface area (Å²) in [5.41, 5.74) is 0.837. The van der Waals surface area contributed by atoms with E-state index in [4.69, 9.17) is 34.8 Å². The lowest BCUT2D eigenvalue weighted by Gasteiger charge is -2.31. The third kappa shape index (κ3) is 1.88. The van der Waals surface area contributed by atoms with E-state index in [0.717, 1.165) is 6.07 Å². The molecule has 0 saturated heterocycles. The Kier molecular flexibility index (Phi) is 3.19. The summed E-state index contributed by atoms with van der Waals surface area (Å²) < 4.78 is 13.7. The zero-order valence-corrected chi connectivity index (χ0v) is 13.4. The Hall–Kier alpha value is -1.66. The molecule has 4 rings (SSSR count). The van der Waals surface area contributed by atoms with Gasteiger partial charge in [-0.1, -0.05) is 34.8 Å². The number of aliphatic hydroxyl groups excluding tert-OH is 1. The van der Waals surface area contributed by atoms with Gasteiger partial charge in [-0.2, -0.15) is 0 Å². The Bertz CT molecular complexity index is 929. The predicted octanol–water partition coefficient (Wildman–Crippen LogP) is 4.52. The van der Waals surface area contributed by atoms with Crippen LogP contribution in [0.2, 0.25) is 15.1 Å². The summed E-state index contributed by atoms with van der Waals surface area (Å²) in [6.45, 7) is 0. The molecule has 0 saturated carbocycles. The summed E-state index contributed by atoms with van der Waals surface area (Å²) in [4.78, 5) is 18.1. The van der Waals surface area contributed by atoms with E-state index < -0.39 is 17.8 Å². The van der Waals surface area contributed by atoms with Gasteiger partial charge in [0, 0.05) is 5.56 Å². The van der Waals surface area contributed by atoms with Crippen molar-refractivity contribution in [2.45, 2.75) is 6.23 Å². The molecule has 0 spiro atoms. The fraction of sp³-hybridized carbons (Fsp3) is 0.0667. The Balaban J connectivity index is 2.01. The van der Waals surface area contributed by atoms with Crippen molar-refractivity contribution in [2.75, 3.05) is 4.90 Å². The molecule has 0 bridgehead atoms.